The van der Waals surface area contributed by atoms with Crippen molar-refractivity contribution in [1.82, 2.24) is 0 Å². The van der Waals surface area contributed by atoms with Gasteiger partial charge in [-0.25, -0.2) is 0 Å². The minimum atomic E-state index is 0.873. The number of anilines is 3. The van der Waals surface area contributed by atoms with Crippen molar-refractivity contribution in [2.75, 3.05) is 4.90 Å². The van der Waals surface area contributed by atoms with E-state index >= 15 is 0 Å². The van der Waals surface area contributed by atoms with Crippen molar-refractivity contribution in [1.29, 1.82) is 0 Å². The molecule has 0 fully saturated rings. The van der Waals surface area contributed by atoms with Crippen LogP contribution in [0.4, 0.5) is 17.1 Å². The molecular weight excluding hydrogens is 510 g/mol. The molecule has 8 aromatic rings. The molecule has 1 aromatic heterocycles. The summed E-state index contributed by atoms with van der Waals surface area (Å²) in [5.41, 5.74) is 9.63. The number of nitrogens with zero attached hydrogens (tertiary/aromatic N) is 1. The topological polar surface area (TPSA) is 16.4 Å². The Morgan fingerprint density at radius 2 is 0.976 bits per heavy atom. The summed E-state index contributed by atoms with van der Waals surface area (Å²) >= 11 is 0. The molecule has 0 unspecified atom stereocenters. The van der Waals surface area contributed by atoms with Crippen LogP contribution in [0, 0.1) is 0 Å². The first-order valence-electron chi connectivity index (χ1n) is 14.3. The van der Waals surface area contributed by atoms with Crippen molar-refractivity contribution < 1.29 is 4.42 Å². The van der Waals surface area contributed by atoms with E-state index in [9.17, 15) is 0 Å². The van der Waals surface area contributed by atoms with Gasteiger partial charge in [0.25, 0.3) is 0 Å². The fraction of sp³-hybridized carbons (Fsp3) is 0. The normalized spacial score (nSPS) is 11.3. The number of fused-ring (bicyclic) bond motifs is 4. The fourth-order valence-electron chi connectivity index (χ4n) is 6.02. The van der Waals surface area contributed by atoms with Gasteiger partial charge in [-0.3, -0.25) is 0 Å². The van der Waals surface area contributed by atoms with Crippen LogP contribution in [-0.4, -0.2) is 0 Å². The van der Waals surface area contributed by atoms with E-state index in [1.165, 1.54) is 27.5 Å². The van der Waals surface area contributed by atoms with Crippen LogP contribution < -0.4 is 4.90 Å². The standard InChI is InChI=1S/C40H27NO/c1-4-12-28(13-5-1)29-20-22-34(23-21-29)41(33-18-8-3-9-19-33)37-25-24-35(30-14-6-2-7-15-30)39-36-26-31-16-10-11-17-32(31)27-38(36)42-40(37)39/h1-27H. The monoisotopic (exact) mass is 537 g/mol. The van der Waals surface area contributed by atoms with Crippen molar-refractivity contribution in [2.45, 2.75) is 0 Å². The zero-order valence-corrected chi connectivity index (χ0v) is 22.9. The molecule has 0 N–H and O–H groups in total. The molecule has 0 radical (unpaired) electrons. The SMILES string of the molecule is c1ccc(-c2ccc(N(c3ccccc3)c3ccc(-c4ccccc4)c4c3oc3cc5ccccc5cc34)cc2)cc1. The maximum absolute atomic E-state index is 6.83. The van der Waals surface area contributed by atoms with Crippen LogP contribution in [0.25, 0.3) is 55.0 Å². The number of rotatable bonds is 5. The van der Waals surface area contributed by atoms with Gasteiger partial charge < -0.3 is 9.32 Å². The van der Waals surface area contributed by atoms with Crippen molar-refractivity contribution in [3.63, 3.8) is 0 Å². The Morgan fingerprint density at radius 3 is 1.67 bits per heavy atom. The molecule has 2 heteroatoms. The second-order valence-electron chi connectivity index (χ2n) is 10.6. The van der Waals surface area contributed by atoms with Gasteiger partial charge in [0, 0.05) is 22.1 Å². The van der Waals surface area contributed by atoms with Crippen LogP contribution in [-0.2, 0) is 0 Å². The molecule has 0 saturated heterocycles. The summed E-state index contributed by atoms with van der Waals surface area (Å²) in [4.78, 5) is 2.30. The molecule has 2 nitrogen and oxygen atoms in total. The molecule has 0 saturated carbocycles. The molecule has 8 rings (SSSR count). The lowest BCUT2D eigenvalue weighted by Gasteiger charge is -2.26. The Balaban J connectivity index is 1.40. The van der Waals surface area contributed by atoms with E-state index < -0.39 is 0 Å². The van der Waals surface area contributed by atoms with Crippen LogP contribution >= 0.6 is 0 Å². The Morgan fingerprint density at radius 1 is 0.429 bits per heavy atom. The first-order valence-corrected chi connectivity index (χ1v) is 14.3. The molecule has 0 aliphatic carbocycles. The van der Waals surface area contributed by atoms with Gasteiger partial charge in [0.2, 0.25) is 0 Å². The molecule has 198 valence electrons. The van der Waals surface area contributed by atoms with Crippen LogP contribution in [0.5, 0.6) is 0 Å². The van der Waals surface area contributed by atoms with Crippen LogP contribution in [0.1, 0.15) is 0 Å². The lowest BCUT2D eigenvalue weighted by Crippen LogP contribution is -2.10. The van der Waals surface area contributed by atoms with E-state index in [0.717, 1.165) is 44.6 Å². The summed E-state index contributed by atoms with van der Waals surface area (Å²) in [7, 11) is 0. The second kappa shape index (κ2) is 10.1. The van der Waals surface area contributed by atoms with Crippen LogP contribution in [0.2, 0.25) is 0 Å². The molecule has 0 aliphatic heterocycles. The smallest absolute Gasteiger partial charge is 0.160 e. The first kappa shape index (κ1) is 24.2. The van der Waals surface area contributed by atoms with Gasteiger partial charge in [-0.1, -0.05) is 121 Å². The van der Waals surface area contributed by atoms with E-state index in [1.54, 1.807) is 0 Å². The fourth-order valence-corrected chi connectivity index (χ4v) is 6.02. The highest BCUT2D eigenvalue weighted by molar-refractivity contribution is 6.19. The number of para-hydroxylation sites is 1. The summed E-state index contributed by atoms with van der Waals surface area (Å²) in [6.45, 7) is 0. The molecule has 7 aromatic carbocycles. The Hall–Kier alpha value is -5.60. The number of hydrogen-bond donors (Lipinski definition) is 0. The third-order valence-corrected chi connectivity index (χ3v) is 8.04. The lowest BCUT2D eigenvalue weighted by atomic mass is 9.97. The van der Waals surface area contributed by atoms with E-state index in [1.807, 2.05) is 0 Å². The average molecular weight is 538 g/mol. The molecule has 0 aliphatic rings. The van der Waals surface area contributed by atoms with Gasteiger partial charge in [0.15, 0.2) is 5.58 Å². The third kappa shape index (κ3) is 4.13. The van der Waals surface area contributed by atoms with Gasteiger partial charge in [0.05, 0.1) is 5.69 Å². The molecular formula is C40H27NO. The summed E-state index contributed by atoms with van der Waals surface area (Å²) in [6, 6.07) is 57.8. The van der Waals surface area contributed by atoms with Crippen LogP contribution in [0.15, 0.2) is 168 Å². The predicted octanol–water partition coefficient (Wildman–Crippen LogP) is 11.5. The zero-order valence-electron chi connectivity index (χ0n) is 22.9. The lowest BCUT2D eigenvalue weighted by molar-refractivity contribution is 0.669. The van der Waals surface area contributed by atoms with Crippen molar-refractivity contribution in [2.24, 2.45) is 0 Å². The highest BCUT2D eigenvalue weighted by atomic mass is 16.3. The Labute approximate surface area is 244 Å². The number of benzene rings is 7. The van der Waals surface area contributed by atoms with Crippen molar-refractivity contribution in [3.8, 4) is 22.3 Å². The van der Waals surface area contributed by atoms with Gasteiger partial charge in [-0.05, 0) is 75.5 Å². The summed E-state index contributed by atoms with van der Waals surface area (Å²) in [6.07, 6.45) is 0. The Bertz CT molecular complexity index is 2160. The molecule has 0 bridgehead atoms. The van der Waals surface area contributed by atoms with E-state index in [0.29, 0.717) is 0 Å². The largest absolute Gasteiger partial charge is 0.454 e. The highest BCUT2D eigenvalue weighted by Gasteiger charge is 2.22. The third-order valence-electron chi connectivity index (χ3n) is 8.04. The quantitative estimate of drug-likeness (QED) is 0.217. The average Bonchev–Trinajstić information content (AvgIpc) is 3.44. The minimum Gasteiger partial charge on any atom is -0.454 e. The summed E-state index contributed by atoms with van der Waals surface area (Å²) in [5, 5.41) is 4.62. The molecule has 1 heterocycles. The minimum absolute atomic E-state index is 0.873. The summed E-state index contributed by atoms with van der Waals surface area (Å²) in [5.74, 6) is 0. The first-order chi connectivity index (χ1) is 20.8. The van der Waals surface area contributed by atoms with Crippen molar-refractivity contribution >= 4 is 49.8 Å². The van der Waals surface area contributed by atoms with Gasteiger partial charge in [-0.15, -0.1) is 0 Å². The summed E-state index contributed by atoms with van der Waals surface area (Å²) < 4.78 is 6.83. The molecule has 0 atom stereocenters. The number of furan rings is 1. The molecule has 0 spiro atoms. The predicted molar refractivity (Wildman–Crippen MR) is 177 cm³/mol. The maximum Gasteiger partial charge on any atom is 0.160 e. The van der Waals surface area contributed by atoms with E-state index in [-0.39, 0.29) is 0 Å². The van der Waals surface area contributed by atoms with Gasteiger partial charge >= 0.3 is 0 Å². The van der Waals surface area contributed by atoms with Gasteiger partial charge in [-0.2, -0.15) is 0 Å². The van der Waals surface area contributed by atoms with Gasteiger partial charge in [0.1, 0.15) is 5.58 Å². The zero-order chi connectivity index (χ0) is 27.9. The van der Waals surface area contributed by atoms with E-state index in [2.05, 4.69) is 169 Å². The molecule has 42 heavy (non-hydrogen) atoms. The van der Waals surface area contributed by atoms with Crippen molar-refractivity contribution in [3.05, 3.63) is 164 Å². The maximum atomic E-state index is 6.83. The highest BCUT2D eigenvalue weighted by Crippen LogP contribution is 2.46. The Kier molecular flexibility index (Phi) is 5.82. The van der Waals surface area contributed by atoms with E-state index in [4.69, 9.17) is 4.42 Å². The molecule has 0 amide bonds. The number of hydrogen-bond acceptors (Lipinski definition) is 2. The second-order valence-corrected chi connectivity index (χ2v) is 10.6. The van der Waals surface area contributed by atoms with Crippen LogP contribution in [0.3, 0.4) is 0 Å².